The maximum atomic E-state index is 10.9. The van der Waals surface area contributed by atoms with Gasteiger partial charge in [0.25, 0.3) is 0 Å². The van der Waals surface area contributed by atoms with E-state index in [1.54, 1.807) is 7.11 Å². The molecule has 156 valence electrons. The van der Waals surface area contributed by atoms with Crippen LogP contribution in [0, 0.1) is 46.3 Å². The first kappa shape index (κ1) is 20.2. The van der Waals surface area contributed by atoms with E-state index >= 15 is 0 Å². The number of ether oxygens (including phenoxy) is 1. The Balaban J connectivity index is 1.51. The van der Waals surface area contributed by atoms with Crippen LogP contribution in [0.4, 0.5) is 0 Å². The lowest BCUT2D eigenvalue weighted by Crippen LogP contribution is -2.52. The van der Waals surface area contributed by atoms with Crippen molar-refractivity contribution < 1.29 is 14.9 Å². The van der Waals surface area contributed by atoms with Gasteiger partial charge in [-0.15, -0.1) is 0 Å². The lowest BCUT2D eigenvalue weighted by molar-refractivity contribution is -0.129. The number of methoxy groups -OCH3 is 1. The molecule has 2 N–H and O–H groups in total. The molecule has 0 heterocycles. The monoisotopic (exact) mass is 378 g/mol. The van der Waals surface area contributed by atoms with Crippen LogP contribution >= 0.6 is 0 Å². The molecule has 0 unspecified atom stereocenters. The molecule has 0 aromatic rings. The molecule has 4 saturated carbocycles. The molecule has 4 aliphatic carbocycles. The molecule has 0 aromatic carbocycles. The minimum Gasteiger partial charge on any atom is -0.396 e. The summed E-state index contributed by atoms with van der Waals surface area (Å²) in [7, 11) is 1.72. The summed E-state index contributed by atoms with van der Waals surface area (Å²) in [5, 5.41) is 20.9. The quantitative estimate of drug-likeness (QED) is 0.748. The average molecular weight is 379 g/mol. The Labute approximate surface area is 166 Å². The average Bonchev–Trinajstić information content (AvgIpc) is 2.99. The molecule has 0 saturated heterocycles. The lowest BCUT2D eigenvalue weighted by atomic mass is 9.47. The second-order valence-corrected chi connectivity index (χ2v) is 11.7. The van der Waals surface area contributed by atoms with Gasteiger partial charge < -0.3 is 14.9 Å². The minimum atomic E-state index is -0.574. The first-order chi connectivity index (χ1) is 12.7. The second-order valence-electron chi connectivity index (χ2n) is 11.7. The van der Waals surface area contributed by atoms with Crippen molar-refractivity contribution >= 4 is 0 Å². The Morgan fingerprint density at radius 3 is 2.41 bits per heavy atom. The van der Waals surface area contributed by atoms with Crippen molar-refractivity contribution in [2.24, 2.45) is 46.3 Å². The highest BCUT2D eigenvalue weighted by Crippen LogP contribution is 2.67. The highest BCUT2D eigenvalue weighted by molar-refractivity contribution is 5.09. The zero-order valence-electron chi connectivity index (χ0n) is 18.0. The van der Waals surface area contributed by atoms with E-state index in [1.165, 1.54) is 44.9 Å². The van der Waals surface area contributed by atoms with Crippen molar-refractivity contribution in [1.29, 1.82) is 0 Å². The van der Waals surface area contributed by atoms with Gasteiger partial charge in [-0.3, -0.25) is 0 Å². The van der Waals surface area contributed by atoms with Crippen LogP contribution in [0.5, 0.6) is 0 Å². The predicted molar refractivity (Wildman–Crippen MR) is 108 cm³/mol. The fourth-order valence-electron chi connectivity index (χ4n) is 8.76. The van der Waals surface area contributed by atoms with Crippen LogP contribution in [0.2, 0.25) is 0 Å². The molecule has 4 fully saturated rings. The molecule has 0 aromatic heterocycles. The molecule has 0 bridgehead atoms. The molecule has 0 radical (unpaired) electrons. The Morgan fingerprint density at radius 2 is 1.70 bits per heavy atom. The van der Waals surface area contributed by atoms with Gasteiger partial charge >= 0.3 is 0 Å². The number of fused-ring (bicyclic) bond motifs is 5. The van der Waals surface area contributed by atoms with Crippen LogP contribution in [0.3, 0.4) is 0 Å². The van der Waals surface area contributed by atoms with Gasteiger partial charge in [-0.05, 0) is 104 Å². The van der Waals surface area contributed by atoms with E-state index in [2.05, 4.69) is 20.8 Å². The van der Waals surface area contributed by atoms with Crippen LogP contribution in [0.25, 0.3) is 0 Å². The maximum absolute atomic E-state index is 10.9. The van der Waals surface area contributed by atoms with E-state index in [0.29, 0.717) is 30.5 Å². The zero-order valence-corrected chi connectivity index (χ0v) is 18.0. The topological polar surface area (TPSA) is 49.7 Å². The fraction of sp³-hybridized carbons (Fsp3) is 1.00. The Hall–Kier alpha value is -0.120. The maximum Gasteiger partial charge on any atom is 0.0882 e. The predicted octanol–water partition coefficient (Wildman–Crippen LogP) is 4.65. The van der Waals surface area contributed by atoms with Crippen LogP contribution in [-0.4, -0.2) is 36.1 Å². The summed E-state index contributed by atoms with van der Waals surface area (Å²) in [4.78, 5) is 0. The number of aliphatic hydroxyl groups excluding tert-OH is 1. The van der Waals surface area contributed by atoms with Crippen LogP contribution in [0.15, 0.2) is 0 Å². The van der Waals surface area contributed by atoms with Crippen LogP contribution in [0.1, 0.15) is 78.6 Å². The third-order valence-electron chi connectivity index (χ3n) is 9.87. The fourth-order valence-corrected chi connectivity index (χ4v) is 8.76. The summed E-state index contributed by atoms with van der Waals surface area (Å²) in [5.74, 6) is 4.82. The van der Waals surface area contributed by atoms with Gasteiger partial charge in [-0.2, -0.15) is 0 Å². The molecule has 4 rings (SSSR count). The standard InChI is InChI=1S/C24H42O3/c1-22(2,14-25)21-8-7-20-19-6-5-16-13-24(26,15-27-4)12-10-17(16)18(19)9-11-23(20,21)3/h16-21,25-26H,5-15H2,1-4H3/t16-,17+,18-,19-,20+,21-,23+,24-/m1/s1. The van der Waals surface area contributed by atoms with Crippen molar-refractivity contribution in [3.05, 3.63) is 0 Å². The molecule has 4 aliphatic rings. The molecular weight excluding hydrogens is 336 g/mol. The van der Waals surface area contributed by atoms with Crippen molar-refractivity contribution in [3.63, 3.8) is 0 Å². The Kier molecular flexibility index (Phi) is 5.22. The van der Waals surface area contributed by atoms with E-state index in [-0.39, 0.29) is 5.41 Å². The molecule has 3 nitrogen and oxygen atoms in total. The summed E-state index contributed by atoms with van der Waals surface area (Å²) < 4.78 is 5.32. The summed E-state index contributed by atoms with van der Waals surface area (Å²) in [6.45, 7) is 7.95. The summed E-state index contributed by atoms with van der Waals surface area (Å²) in [6.07, 6.45) is 11.1. The molecular formula is C24H42O3. The lowest BCUT2D eigenvalue weighted by Gasteiger charge is -2.58. The van der Waals surface area contributed by atoms with E-state index in [9.17, 15) is 10.2 Å². The number of aliphatic hydroxyl groups is 2. The van der Waals surface area contributed by atoms with E-state index in [1.807, 2.05) is 0 Å². The molecule has 0 amide bonds. The van der Waals surface area contributed by atoms with E-state index in [4.69, 9.17) is 4.74 Å². The molecule has 8 atom stereocenters. The SMILES string of the molecule is COC[C@@]1(O)CC[C@H]2[C@H](CC[C@@H]3[C@@H]2CC[C@]2(C)[C@@H](C(C)(C)CO)CC[C@@H]32)C1. The first-order valence-corrected chi connectivity index (χ1v) is 11.6. The van der Waals surface area contributed by atoms with Crippen molar-refractivity contribution in [2.45, 2.75) is 84.2 Å². The molecule has 3 heteroatoms. The molecule has 0 aliphatic heterocycles. The minimum absolute atomic E-state index is 0.0506. The molecule has 0 spiro atoms. The summed E-state index contributed by atoms with van der Waals surface area (Å²) in [6, 6.07) is 0. The first-order valence-electron chi connectivity index (χ1n) is 11.6. The van der Waals surface area contributed by atoms with Gasteiger partial charge in [-0.25, -0.2) is 0 Å². The Bertz CT molecular complexity index is 546. The van der Waals surface area contributed by atoms with Crippen molar-refractivity contribution in [2.75, 3.05) is 20.3 Å². The van der Waals surface area contributed by atoms with Crippen molar-refractivity contribution in [1.82, 2.24) is 0 Å². The van der Waals surface area contributed by atoms with Gasteiger partial charge in [0.15, 0.2) is 0 Å². The van der Waals surface area contributed by atoms with Gasteiger partial charge in [0.05, 0.1) is 12.2 Å². The van der Waals surface area contributed by atoms with Gasteiger partial charge in [-0.1, -0.05) is 20.8 Å². The smallest absolute Gasteiger partial charge is 0.0882 e. The summed E-state index contributed by atoms with van der Waals surface area (Å²) >= 11 is 0. The third-order valence-corrected chi connectivity index (χ3v) is 9.87. The van der Waals surface area contributed by atoms with Gasteiger partial charge in [0.2, 0.25) is 0 Å². The summed E-state index contributed by atoms with van der Waals surface area (Å²) in [5.41, 5.74) is -0.101. The van der Waals surface area contributed by atoms with E-state index in [0.717, 1.165) is 36.5 Å². The highest BCUT2D eigenvalue weighted by Gasteiger charge is 2.59. The van der Waals surface area contributed by atoms with Gasteiger partial charge in [0, 0.05) is 13.7 Å². The van der Waals surface area contributed by atoms with E-state index < -0.39 is 5.60 Å². The second kappa shape index (κ2) is 6.99. The highest BCUT2D eigenvalue weighted by atomic mass is 16.5. The van der Waals surface area contributed by atoms with Gasteiger partial charge in [0.1, 0.15) is 0 Å². The largest absolute Gasteiger partial charge is 0.396 e. The number of rotatable bonds is 4. The van der Waals surface area contributed by atoms with Crippen molar-refractivity contribution in [3.8, 4) is 0 Å². The number of hydrogen-bond donors (Lipinski definition) is 2. The number of hydrogen-bond acceptors (Lipinski definition) is 3. The van der Waals surface area contributed by atoms with Crippen LogP contribution < -0.4 is 0 Å². The van der Waals surface area contributed by atoms with Crippen LogP contribution in [-0.2, 0) is 4.74 Å². The Morgan fingerprint density at radius 1 is 0.963 bits per heavy atom. The zero-order chi connectivity index (χ0) is 19.4. The third kappa shape index (κ3) is 3.20. The normalized spacial score (nSPS) is 50.0. The molecule has 27 heavy (non-hydrogen) atoms.